The van der Waals surface area contributed by atoms with E-state index in [2.05, 4.69) is 18.4 Å². The molecule has 1 atom stereocenters. The summed E-state index contributed by atoms with van der Waals surface area (Å²) in [7, 11) is 0. The van der Waals surface area contributed by atoms with Gasteiger partial charge in [0.25, 0.3) is 0 Å². The van der Waals surface area contributed by atoms with E-state index in [0.29, 0.717) is 12.0 Å². The summed E-state index contributed by atoms with van der Waals surface area (Å²) in [4.78, 5) is 1.15. The van der Waals surface area contributed by atoms with E-state index in [-0.39, 0.29) is 0 Å². The maximum Gasteiger partial charge on any atom is 0.0541 e. The van der Waals surface area contributed by atoms with Crippen LogP contribution in [-0.4, -0.2) is 11.8 Å². The molecular formula is C15H23ClN2S. The molecule has 1 aliphatic carbocycles. The van der Waals surface area contributed by atoms with Gasteiger partial charge in [-0.15, -0.1) is 11.8 Å². The molecular weight excluding hydrogens is 276 g/mol. The Balaban J connectivity index is 1.87. The van der Waals surface area contributed by atoms with E-state index in [9.17, 15) is 0 Å². The van der Waals surface area contributed by atoms with Gasteiger partial charge >= 0.3 is 0 Å². The van der Waals surface area contributed by atoms with Gasteiger partial charge in [-0.05, 0) is 36.8 Å². The maximum atomic E-state index is 6.18. The highest BCUT2D eigenvalue weighted by Crippen LogP contribution is 2.33. The number of benzene rings is 1. The van der Waals surface area contributed by atoms with Crippen molar-refractivity contribution < 1.29 is 0 Å². The largest absolute Gasteiger partial charge is 0.271 e. The van der Waals surface area contributed by atoms with Crippen LogP contribution in [0.25, 0.3) is 0 Å². The highest BCUT2D eigenvalue weighted by molar-refractivity contribution is 7.99. The Morgan fingerprint density at radius 1 is 1.32 bits per heavy atom. The summed E-state index contributed by atoms with van der Waals surface area (Å²) in [5.74, 6) is 8.31. The van der Waals surface area contributed by atoms with Crippen molar-refractivity contribution in [3.8, 4) is 0 Å². The molecule has 0 heterocycles. The molecule has 0 spiro atoms. The first-order valence-corrected chi connectivity index (χ1v) is 8.40. The molecule has 0 aliphatic heterocycles. The van der Waals surface area contributed by atoms with Crippen molar-refractivity contribution in [1.29, 1.82) is 0 Å². The number of rotatable bonds is 5. The average molecular weight is 299 g/mol. The molecule has 3 N–H and O–H groups in total. The van der Waals surface area contributed by atoms with Crippen LogP contribution in [-0.2, 0) is 0 Å². The van der Waals surface area contributed by atoms with Crippen LogP contribution >= 0.6 is 23.4 Å². The zero-order chi connectivity index (χ0) is 13.7. The van der Waals surface area contributed by atoms with E-state index >= 15 is 0 Å². The fourth-order valence-electron chi connectivity index (χ4n) is 2.75. The van der Waals surface area contributed by atoms with Crippen LogP contribution in [0.5, 0.6) is 0 Å². The Morgan fingerprint density at radius 3 is 2.63 bits per heavy atom. The molecule has 1 aromatic carbocycles. The summed E-state index contributed by atoms with van der Waals surface area (Å²) in [6, 6.07) is 8.39. The molecule has 1 fully saturated rings. The maximum absolute atomic E-state index is 6.18. The second-order valence-corrected chi connectivity index (χ2v) is 7.00. The fourth-order valence-corrected chi connectivity index (χ4v) is 4.16. The molecule has 1 aliphatic rings. The van der Waals surface area contributed by atoms with Crippen molar-refractivity contribution in [3.63, 3.8) is 0 Å². The zero-order valence-electron chi connectivity index (χ0n) is 11.4. The summed E-state index contributed by atoms with van der Waals surface area (Å²) in [6.45, 7) is 2.35. The Kier molecular flexibility index (Phi) is 6.02. The third kappa shape index (κ3) is 4.38. The molecule has 106 valence electrons. The molecule has 1 unspecified atom stereocenters. The fraction of sp³-hybridized carbons (Fsp3) is 0.600. The number of nitrogens with one attached hydrogen (secondary N) is 1. The number of hydrazine groups is 1. The van der Waals surface area contributed by atoms with E-state index in [0.717, 1.165) is 21.6 Å². The number of thioether (sulfide) groups is 1. The molecule has 0 bridgehead atoms. The van der Waals surface area contributed by atoms with Crippen LogP contribution in [0.3, 0.4) is 0 Å². The van der Waals surface area contributed by atoms with Gasteiger partial charge in [-0.2, -0.15) is 0 Å². The Bertz CT molecular complexity index is 391. The Hall–Kier alpha value is -0.220. The Labute approximate surface area is 125 Å². The van der Waals surface area contributed by atoms with E-state index in [1.54, 1.807) is 11.8 Å². The smallest absolute Gasteiger partial charge is 0.0541 e. The lowest BCUT2D eigenvalue weighted by molar-refractivity contribution is 0.243. The van der Waals surface area contributed by atoms with Crippen LogP contribution in [0.4, 0.5) is 0 Å². The van der Waals surface area contributed by atoms with Crippen LogP contribution in [0, 0.1) is 11.8 Å². The molecule has 0 amide bonds. The summed E-state index contributed by atoms with van der Waals surface area (Å²) in [5, 5.41) is 0.834. The molecule has 1 saturated carbocycles. The number of hydrogen-bond acceptors (Lipinski definition) is 3. The lowest BCUT2D eigenvalue weighted by atomic mass is 9.80. The molecule has 0 saturated heterocycles. The number of halogens is 1. The highest BCUT2D eigenvalue weighted by atomic mass is 35.5. The molecule has 19 heavy (non-hydrogen) atoms. The number of nitrogens with two attached hydrogens (primary N) is 1. The van der Waals surface area contributed by atoms with Gasteiger partial charge in [0.1, 0.15) is 0 Å². The number of hydrogen-bond donors (Lipinski definition) is 2. The first-order chi connectivity index (χ1) is 9.20. The van der Waals surface area contributed by atoms with Crippen LogP contribution in [0.15, 0.2) is 29.2 Å². The lowest BCUT2D eigenvalue weighted by Gasteiger charge is -2.32. The van der Waals surface area contributed by atoms with Crippen molar-refractivity contribution in [3.05, 3.63) is 29.3 Å². The third-order valence-corrected chi connectivity index (χ3v) is 5.73. The van der Waals surface area contributed by atoms with Gasteiger partial charge in [0.05, 0.1) is 5.02 Å². The Morgan fingerprint density at radius 2 is 2.00 bits per heavy atom. The minimum Gasteiger partial charge on any atom is -0.271 e. The van der Waals surface area contributed by atoms with Gasteiger partial charge in [-0.25, -0.2) is 0 Å². The van der Waals surface area contributed by atoms with E-state index in [1.807, 2.05) is 18.2 Å². The topological polar surface area (TPSA) is 38.0 Å². The van der Waals surface area contributed by atoms with Crippen molar-refractivity contribution in [2.24, 2.45) is 17.7 Å². The zero-order valence-corrected chi connectivity index (χ0v) is 13.0. The molecule has 4 heteroatoms. The van der Waals surface area contributed by atoms with Crippen molar-refractivity contribution in [1.82, 2.24) is 5.43 Å². The molecule has 0 radical (unpaired) electrons. The normalized spacial score (nSPS) is 25.2. The van der Waals surface area contributed by atoms with E-state index in [4.69, 9.17) is 17.4 Å². The summed E-state index contributed by atoms with van der Waals surface area (Å²) >= 11 is 7.98. The summed E-state index contributed by atoms with van der Waals surface area (Å²) in [6.07, 6.45) is 5.25. The van der Waals surface area contributed by atoms with Gasteiger partial charge < -0.3 is 0 Å². The average Bonchev–Trinajstić information content (AvgIpc) is 2.43. The van der Waals surface area contributed by atoms with Gasteiger partial charge in [-0.1, -0.05) is 43.5 Å². The van der Waals surface area contributed by atoms with Crippen molar-refractivity contribution in [2.75, 3.05) is 5.75 Å². The summed E-state index contributed by atoms with van der Waals surface area (Å²) < 4.78 is 0. The van der Waals surface area contributed by atoms with Gasteiger partial charge in [-0.3, -0.25) is 11.3 Å². The molecule has 2 nitrogen and oxygen atoms in total. The van der Waals surface area contributed by atoms with E-state index in [1.165, 1.54) is 25.7 Å². The minimum absolute atomic E-state index is 0.383. The highest BCUT2D eigenvalue weighted by Gasteiger charge is 2.25. The summed E-state index contributed by atoms with van der Waals surface area (Å²) in [5.41, 5.74) is 3.01. The lowest BCUT2D eigenvalue weighted by Crippen LogP contribution is -2.43. The predicted octanol–water partition coefficient (Wildman–Crippen LogP) is 4.09. The third-order valence-electron chi connectivity index (χ3n) is 4.10. The second kappa shape index (κ2) is 7.53. The second-order valence-electron chi connectivity index (χ2n) is 5.53. The van der Waals surface area contributed by atoms with Gasteiger partial charge in [0, 0.05) is 16.7 Å². The SMILES string of the molecule is CC1CCC(C(CSc2ccccc2Cl)NN)CC1. The minimum atomic E-state index is 0.383. The van der Waals surface area contributed by atoms with Crippen LogP contribution in [0.1, 0.15) is 32.6 Å². The first-order valence-electron chi connectivity index (χ1n) is 7.04. The molecule has 2 rings (SSSR count). The molecule has 1 aromatic rings. The van der Waals surface area contributed by atoms with Gasteiger partial charge in [0.2, 0.25) is 0 Å². The molecule has 0 aromatic heterocycles. The van der Waals surface area contributed by atoms with E-state index < -0.39 is 0 Å². The van der Waals surface area contributed by atoms with Crippen molar-refractivity contribution in [2.45, 2.75) is 43.5 Å². The monoisotopic (exact) mass is 298 g/mol. The predicted molar refractivity (Wildman–Crippen MR) is 84.4 cm³/mol. The van der Waals surface area contributed by atoms with Crippen LogP contribution < -0.4 is 11.3 Å². The van der Waals surface area contributed by atoms with Crippen molar-refractivity contribution >= 4 is 23.4 Å². The van der Waals surface area contributed by atoms with Crippen LogP contribution in [0.2, 0.25) is 5.02 Å². The quantitative estimate of drug-likeness (QED) is 0.488. The standard InChI is InChI=1S/C15H23ClN2S/c1-11-6-8-12(9-7-11)14(18-17)10-19-15-5-3-2-4-13(15)16/h2-5,11-12,14,18H,6-10,17H2,1H3. The first kappa shape index (κ1) is 15.2. The van der Waals surface area contributed by atoms with Gasteiger partial charge in [0.15, 0.2) is 0 Å².